The van der Waals surface area contributed by atoms with E-state index in [0.717, 1.165) is 56.8 Å². The molecular formula is C24H36N4O. The zero-order valence-electron chi connectivity index (χ0n) is 18.5. The molecule has 0 atom stereocenters. The molecule has 2 heterocycles. The highest BCUT2D eigenvalue weighted by Gasteiger charge is 2.29. The Bertz CT molecular complexity index is 871. The topological polar surface area (TPSA) is 50.2 Å². The van der Waals surface area contributed by atoms with Crippen molar-refractivity contribution < 1.29 is 4.79 Å². The quantitative estimate of drug-likeness (QED) is 0.804. The van der Waals surface area contributed by atoms with Gasteiger partial charge in [0.15, 0.2) is 0 Å². The Labute approximate surface area is 174 Å². The monoisotopic (exact) mass is 396 g/mol. The van der Waals surface area contributed by atoms with Gasteiger partial charge < -0.3 is 14.8 Å². The van der Waals surface area contributed by atoms with E-state index >= 15 is 0 Å². The lowest BCUT2D eigenvalue weighted by molar-refractivity contribution is -0.126. The first-order valence-electron chi connectivity index (χ1n) is 11.4. The van der Waals surface area contributed by atoms with Gasteiger partial charge in [0.05, 0.1) is 11.0 Å². The third-order valence-corrected chi connectivity index (χ3v) is 6.74. The van der Waals surface area contributed by atoms with E-state index in [9.17, 15) is 4.79 Å². The molecule has 0 spiro atoms. The molecule has 1 aromatic carbocycles. The Hall–Kier alpha value is -2.04. The number of imidazole rings is 1. The van der Waals surface area contributed by atoms with Gasteiger partial charge >= 0.3 is 0 Å². The summed E-state index contributed by atoms with van der Waals surface area (Å²) in [4.78, 5) is 20.1. The molecular weight excluding hydrogens is 360 g/mol. The van der Waals surface area contributed by atoms with Gasteiger partial charge in [0.2, 0.25) is 11.9 Å². The third kappa shape index (κ3) is 4.29. The number of hydrogen-bond donors (Lipinski definition) is 1. The molecule has 1 N–H and O–H groups in total. The number of piperidine rings is 1. The highest BCUT2D eigenvalue weighted by atomic mass is 16.1. The number of nitrogens with one attached hydrogen (secondary N) is 1. The van der Waals surface area contributed by atoms with Crippen molar-refractivity contribution in [2.75, 3.05) is 18.0 Å². The van der Waals surface area contributed by atoms with Crippen LogP contribution in [0.5, 0.6) is 0 Å². The second kappa shape index (κ2) is 8.37. The maximum atomic E-state index is 12.7. The van der Waals surface area contributed by atoms with E-state index in [1.807, 2.05) is 0 Å². The van der Waals surface area contributed by atoms with Crippen molar-refractivity contribution in [2.24, 2.45) is 11.8 Å². The van der Waals surface area contributed by atoms with Gasteiger partial charge in [0.1, 0.15) is 0 Å². The number of anilines is 1. The van der Waals surface area contributed by atoms with E-state index in [1.165, 1.54) is 29.5 Å². The van der Waals surface area contributed by atoms with Crippen LogP contribution in [0.3, 0.4) is 0 Å². The molecule has 2 aromatic rings. The van der Waals surface area contributed by atoms with Gasteiger partial charge in [-0.25, -0.2) is 4.98 Å². The predicted molar refractivity (Wildman–Crippen MR) is 119 cm³/mol. The molecule has 1 aromatic heterocycles. The fourth-order valence-electron chi connectivity index (χ4n) is 4.88. The van der Waals surface area contributed by atoms with E-state index in [0.29, 0.717) is 12.0 Å². The van der Waals surface area contributed by atoms with Gasteiger partial charge in [-0.2, -0.15) is 0 Å². The van der Waals surface area contributed by atoms with Crippen molar-refractivity contribution in [3.8, 4) is 0 Å². The molecule has 1 aliphatic carbocycles. The van der Waals surface area contributed by atoms with Crippen LogP contribution in [0.25, 0.3) is 11.0 Å². The summed E-state index contributed by atoms with van der Waals surface area (Å²) in [5.41, 5.74) is 4.93. The minimum atomic E-state index is 0.152. The third-order valence-electron chi connectivity index (χ3n) is 6.74. The molecule has 1 amide bonds. The Kier molecular flexibility index (Phi) is 5.84. The number of carbonyl (C=O) groups is 1. The zero-order valence-corrected chi connectivity index (χ0v) is 18.5. The van der Waals surface area contributed by atoms with Crippen LogP contribution in [0.4, 0.5) is 5.95 Å². The first kappa shape index (κ1) is 20.2. The molecule has 5 nitrogen and oxygen atoms in total. The average Bonchev–Trinajstić information content (AvgIpc) is 3.31. The number of nitrogens with zero attached hydrogens (tertiary/aromatic N) is 3. The van der Waals surface area contributed by atoms with Gasteiger partial charge in [-0.1, -0.05) is 26.7 Å². The van der Waals surface area contributed by atoms with Crippen LogP contribution in [0, 0.1) is 25.7 Å². The smallest absolute Gasteiger partial charge is 0.223 e. The first-order valence-corrected chi connectivity index (χ1v) is 11.4. The van der Waals surface area contributed by atoms with Crippen LogP contribution in [-0.4, -0.2) is 34.6 Å². The number of fused-ring (bicyclic) bond motifs is 1. The van der Waals surface area contributed by atoms with Crippen LogP contribution in [0.2, 0.25) is 0 Å². The van der Waals surface area contributed by atoms with Crippen molar-refractivity contribution >= 4 is 22.9 Å². The number of carbonyl (C=O) groups excluding carboxylic acids is 1. The summed E-state index contributed by atoms with van der Waals surface area (Å²) in [7, 11) is 0. The van der Waals surface area contributed by atoms with Gasteiger partial charge in [0.25, 0.3) is 0 Å². The van der Waals surface area contributed by atoms with Crippen molar-refractivity contribution in [1.29, 1.82) is 0 Å². The molecule has 0 radical (unpaired) electrons. The highest BCUT2D eigenvalue weighted by Crippen LogP contribution is 2.30. The summed E-state index contributed by atoms with van der Waals surface area (Å²) < 4.78 is 2.39. The molecule has 4 rings (SSSR count). The summed E-state index contributed by atoms with van der Waals surface area (Å²) in [6.07, 6.45) is 6.66. The Balaban J connectivity index is 1.50. The van der Waals surface area contributed by atoms with Gasteiger partial charge in [0, 0.05) is 31.6 Å². The zero-order chi connectivity index (χ0) is 20.5. The van der Waals surface area contributed by atoms with Crippen LogP contribution < -0.4 is 10.2 Å². The summed E-state index contributed by atoms with van der Waals surface area (Å²) in [6.45, 7) is 11.6. The van der Waals surface area contributed by atoms with Gasteiger partial charge in [-0.05, 0) is 68.7 Å². The maximum Gasteiger partial charge on any atom is 0.223 e. The van der Waals surface area contributed by atoms with E-state index in [2.05, 4.69) is 54.6 Å². The van der Waals surface area contributed by atoms with Gasteiger partial charge in [-0.15, -0.1) is 0 Å². The highest BCUT2D eigenvalue weighted by molar-refractivity contribution is 5.81. The van der Waals surface area contributed by atoms with E-state index in [4.69, 9.17) is 4.98 Å². The number of rotatable bonds is 5. The summed E-state index contributed by atoms with van der Waals surface area (Å²) in [5, 5.41) is 3.30. The lowest BCUT2D eigenvalue weighted by Gasteiger charge is -2.33. The van der Waals surface area contributed by atoms with Crippen LogP contribution in [-0.2, 0) is 11.3 Å². The summed E-state index contributed by atoms with van der Waals surface area (Å²) in [5.74, 6) is 2.06. The molecule has 0 bridgehead atoms. The molecule has 1 saturated carbocycles. The average molecular weight is 397 g/mol. The fraction of sp³-hybridized carbons (Fsp3) is 0.667. The lowest BCUT2D eigenvalue weighted by atomic mass is 9.95. The molecule has 158 valence electrons. The molecule has 5 heteroatoms. The number of aryl methyl sites for hydroxylation is 2. The minimum Gasteiger partial charge on any atom is -0.353 e. The Morgan fingerprint density at radius 2 is 1.76 bits per heavy atom. The largest absolute Gasteiger partial charge is 0.353 e. The first-order chi connectivity index (χ1) is 13.9. The van der Waals surface area contributed by atoms with Crippen molar-refractivity contribution in [1.82, 2.24) is 14.9 Å². The van der Waals surface area contributed by atoms with Gasteiger partial charge in [-0.3, -0.25) is 4.79 Å². The van der Waals surface area contributed by atoms with Crippen molar-refractivity contribution in [3.05, 3.63) is 23.3 Å². The van der Waals surface area contributed by atoms with Crippen LogP contribution in [0.15, 0.2) is 12.1 Å². The standard InChI is InChI=1S/C24H36N4O/c1-16(2)15-28-22-14-18(4)17(3)13-21(22)26-24(28)27-11-9-19(10-12-27)23(29)25-20-7-5-6-8-20/h13-14,16,19-20H,5-12,15H2,1-4H3,(H,25,29). The SMILES string of the molecule is Cc1cc2nc(N3CCC(C(=O)NC4CCCC4)CC3)n(CC(C)C)c2cc1C. The van der Waals surface area contributed by atoms with Crippen molar-refractivity contribution in [3.63, 3.8) is 0 Å². The fourth-order valence-corrected chi connectivity index (χ4v) is 4.88. The van der Waals surface area contributed by atoms with E-state index in [1.54, 1.807) is 0 Å². The molecule has 1 aliphatic heterocycles. The molecule has 2 aliphatic rings. The van der Waals surface area contributed by atoms with Crippen LogP contribution >= 0.6 is 0 Å². The lowest BCUT2D eigenvalue weighted by Crippen LogP contribution is -2.43. The summed E-state index contributed by atoms with van der Waals surface area (Å²) in [6, 6.07) is 4.92. The van der Waals surface area contributed by atoms with Crippen molar-refractivity contribution in [2.45, 2.75) is 78.8 Å². The number of aromatic nitrogens is 2. The molecule has 0 unspecified atom stereocenters. The Morgan fingerprint density at radius 3 is 2.41 bits per heavy atom. The predicted octanol–water partition coefficient (Wildman–Crippen LogP) is 4.58. The normalized spacial score (nSPS) is 18.9. The second-order valence-electron chi connectivity index (χ2n) is 9.59. The number of hydrogen-bond acceptors (Lipinski definition) is 3. The second-order valence-corrected chi connectivity index (χ2v) is 9.59. The number of amides is 1. The molecule has 1 saturated heterocycles. The molecule has 2 fully saturated rings. The molecule has 29 heavy (non-hydrogen) atoms. The maximum absolute atomic E-state index is 12.7. The van der Waals surface area contributed by atoms with E-state index < -0.39 is 0 Å². The number of benzene rings is 1. The van der Waals surface area contributed by atoms with Crippen LogP contribution in [0.1, 0.15) is 63.5 Å². The van der Waals surface area contributed by atoms with E-state index in [-0.39, 0.29) is 11.8 Å². The Morgan fingerprint density at radius 1 is 1.10 bits per heavy atom. The summed E-state index contributed by atoms with van der Waals surface area (Å²) >= 11 is 0. The minimum absolute atomic E-state index is 0.152.